The summed E-state index contributed by atoms with van der Waals surface area (Å²) in [5, 5.41) is 6.10. The van der Waals surface area contributed by atoms with E-state index in [-0.39, 0.29) is 24.2 Å². The smallest absolute Gasteiger partial charge is 0.247 e. The van der Waals surface area contributed by atoms with Crippen molar-refractivity contribution >= 4 is 35.8 Å². The minimum atomic E-state index is -1.29. The van der Waals surface area contributed by atoms with Crippen LogP contribution in [0.1, 0.15) is 19.4 Å². The molecule has 0 aliphatic rings. The second kappa shape index (κ2) is 8.22. The van der Waals surface area contributed by atoms with E-state index in [0.717, 1.165) is 0 Å². The van der Waals surface area contributed by atoms with Gasteiger partial charge in [0.05, 0.1) is 0 Å². The number of amides is 2. The van der Waals surface area contributed by atoms with E-state index >= 15 is 0 Å². The largest absolute Gasteiger partial charge is 0.367 e. The van der Waals surface area contributed by atoms with Gasteiger partial charge in [0, 0.05) is 17.5 Å². The van der Waals surface area contributed by atoms with Crippen molar-refractivity contribution in [1.82, 2.24) is 10.6 Å². The van der Waals surface area contributed by atoms with Gasteiger partial charge in [-0.25, -0.2) is 0 Å². The van der Waals surface area contributed by atoms with Gasteiger partial charge in [-0.3, -0.25) is 9.59 Å². The summed E-state index contributed by atoms with van der Waals surface area (Å²) in [5.74, 6) is -1.16. The highest BCUT2D eigenvalue weighted by atomic mass is 35.5. The third-order valence-electron chi connectivity index (χ3n) is 3.23. The molecule has 0 saturated carbocycles. The topological polar surface area (TPSA) is 84.2 Å². The van der Waals surface area contributed by atoms with Crippen molar-refractivity contribution in [3.8, 4) is 0 Å². The highest BCUT2D eigenvalue weighted by Gasteiger charge is 2.36. The summed E-state index contributed by atoms with van der Waals surface area (Å²) in [6, 6.07) is 6.73. The molecule has 0 aromatic heterocycles. The van der Waals surface area contributed by atoms with Crippen LogP contribution in [0.25, 0.3) is 0 Å². The van der Waals surface area contributed by atoms with Gasteiger partial charge in [-0.15, -0.1) is 12.4 Å². The fourth-order valence-electron chi connectivity index (χ4n) is 1.84. The zero-order chi connectivity index (χ0) is 15.3. The number of carbonyl (C=O) groups excluding carboxylic acids is 2. The van der Waals surface area contributed by atoms with Crippen molar-refractivity contribution in [2.45, 2.75) is 19.4 Å². The summed E-state index contributed by atoms with van der Waals surface area (Å²) >= 11 is 5.93. The lowest BCUT2D eigenvalue weighted by molar-refractivity contribution is -0.133. The maximum absolute atomic E-state index is 12.1. The van der Waals surface area contributed by atoms with Gasteiger partial charge >= 0.3 is 0 Å². The Morgan fingerprint density at radius 2 is 2.05 bits per heavy atom. The summed E-state index contributed by atoms with van der Waals surface area (Å²) in [6.45, 7) is 3.85. The average Bonchev–Trinajstić information content (AvgIpc) is 2.38. The molecule has 0 spiro atoms. The monoisotopic (exact) mass is 333 g/mol. The number of nitrogens with two attached hydrogens (primary N) is 1. The Balaban J connectivity index is 0.00000400. The molecule has 5 nitrogen and oxygen atoms in total. The fraction of sp³-hybridized carbons (Fsp3) is 0.429. The Kier molecular flexibility index (Phi) is 7.71. The molecule has 2 unspecified atom stereocenters. The summed E-state index contributed by atoms with van der Waals surface area (Å²) in [6.07, 6.45) is 0. The fourth-order valence-corrected chi connectivity index (χ4v) is 2.03. The van der Waals surface area contributed by atoms with Crippen LogP contribution in [0.2, 0.25) is 5.02 Å². The van der Waals surface area contributed by atoms with Crippen LogP contribution in [0, 0.1) is 5.92 Å². The molecule has 0 heterocycles. The van der Waals surface area contributed by atoms with Crippen molar-refractivity contribution in [2.24, 2.45) is 11.7 Å². The van der Waals surface area contributed by atoms with Crippen LogP contribution in [0.4, 0.5) is 0 Å². The number of hydrogen-bond donors (Lipinski definition) is 3. The molecule has 1 aromatic carbocycles. The SMILES string of the molecule is CNCC(C)C(=O)NC(C)(C(N)=O)c1cccc(Cl)c1.Cl. The molecular formula is C14H21Cl2N3O2. The predicted molar refractivity (Wildman–Crippen MR) is 86.5 cm³/mol. The molecule has 0 saturated heterocycles. The van der Waals surface area contributed by atoms with Gasteiger partial charge in [0.1, 0.15) is 5.54 Å². The molecule has 0 radical (unpaired) electrons. The molecule has 1 aromatic rings. The molecule has 118 valence electrons. The number of nitrogens with one attached hydrogen (secondary N) is 2. The van der Waals surface area contributed by atoms with Crippen molar-refractivity contribution in [2.75, 3.05) is 13.6 Å². The Morgan fingerprint density at radius 3 is 2.52 bits per heavy atom. The standard InChI is InChI=1S/C14H20ClN3O2.ClH/c1-9(8-17-3)12(19)18-14(2,13(16)20)10-5-4-6-11(15)7-10;/h4-7,9,17H,8H2,1-3H3,(H2,16,20)(H,18,19);1H. The van der Waals surface area contributed by atoms with E-state index in [2.05, 4.69) is 10.6 Å². The minimum absolute atomic E-state index is 0. The molecule has 7 heteroatoms. The summed E-state index contributed by atoms with van der Waals surface area (Å²) in [7, 11) is 1.76. The van der Waals surface area contributed by atoms with E-state index in [1.165, 1.54) is 0 Å². The molecule has 0 bridgehead atoms. The van der Waals surface area contributed by atoms with Crippen LogP contribution >= 0.6 is 24.0 Å². The summed E-state index contributed by atoms with van der Waals surface area (Å²) < 4.78 is 0. The Labute approximate surface area is 136 Å². The van der Waals surface area contributed by atoms with E-state index < -0.39 is 11.4 Å². The minimum Gasteiger partial charge on any atom is -0.367 e. The number of primary amides is 1. The lowest BCUT2D eigenvalue weighted by Gasteiger charge is -2.29. The van der Waals surface area contributed by atoms with Crippen LogP contribution in [0.3, 0.4) is 0 Å². The second-order valence-corrected chi connectivity index (χ2v) is 5.38. The highest BCUT2D eigenvalue weighted by Crippen LogP contribution is 2.24. The van der Waals surface area contributed by atoms with Gasteiger partial charge in [-0.1, -0.05) is 30.7 Å². The molecule has 0 aliphatic carbocycles. The van der Waals surface area contributed by atoms with Crippen LogP contribution in [-0.4, -0.2) is 25.4 Å². The van der Waals surface area contributed by atoms with Crippen LogP contribution in [0.5, 0.6) is 0 Å². The Bertz CT molecular complexity index is 511. The van der Waals surface area contributed by atoms with Crippen LogP contribution < -0.4 is 16.4 Å². The predicted octanol–water partition coefficient (Wildman–Crippen LogP) is 1.43. The van der Waals surface area contributed by atoms with E-state index in [1.807, 2.05) is 0 Å². The van der Waals surface area contributed by atoms with Crippen molar-refractivity contribution in [3.05, 3.63) is 34.9 Å². The van der Waals surface area contributed by atoms with Gasteiger partial charge in [0.25, 0.3) is 0 Å². The van der Waals surface area contributed by atoms with E-state index in [9.17, 15) is 9.59 Å². The number of carbonyl (C=O) groups is 2. The van der Waals surface area contributed by atoms with Crippen molar-refractivity contribution in [1.29, 1.82) is 0 Å². The molecule has 21 heavy (non-hydrogen) atoms. The average molecular weight is 334 g/mol. The molecular weight excluding hydrogens is 313 g/mol. The third kappa shape index (κ3) is 4.88. The first kappa shape index (κ1) is 19.7. The van der Waals surface area contributed by atoms with Gasteiger partial charge < -0.3 is 16.4 Å². The third-order valence-corrected chi connectivity index (χ3v) is 3.46. The normalized spacial score (nSPS) is 14.5. The van der Waals surface area contributed by atoms with Gasteiger partial charge in [-0.2, -0.15) is 0 Å². The molecule has 0 fully saturated rings. The van der Waals surface area contributed by atoms with Gasteiger partial charge in [0.15, 0.2) is 0 Å². The number of halogens is 2. The number of rotatable bonds is 6. The first-order valence-corrected chi connectivity index (χ1v) is 6.71. The summed E-state index contributed by atoms with van der Waals surface area (Å²) in [5.41, 5.74) is 4.73. The van der Waals surface area contributed by atoms with E-state index in [0.29, 0.717) is 17.1 Å². The van der Waals surface area contributed by atoms with E-state index in [1.54, 1.807) is 45.2 Å². The lowest BCUT2D eigenvalue weighted by atomic mass is 9.90. The molecule has 2 amide bonds. The van der Waals surface area contributed by atoms with Crippen LogP contribution in [-0.2, 0) is 15.1 Å². The zero-order valence-electron chi connectivity index (χ0n) is 12.3. The first-order valence-electron chi connectivity index (χ1n) is 6.34. The first-order chi connectivity index (χ1) is 9.31. The van der Waals surface area contributed by atoms with Crippen molar-refractivity contribution in [3.63, 3.8) is 0 Å². The molecule has 0 aliphatic heterocycles. The van der Waals surface area contributed by atoms with Crippen LogP contribution in [0.15, 0.2) is 24.3 Å². The maximum Gasteiger partial charge on any atom is 0.247 e. The Morgan fingerprint density at radius 1 is 1.43 bits per heavy atom. The van der Waals surface area contributed by atoms with Gasteiger partial charge in [0.2, 0.25) is 11.8 Å². The highest BCUT2D eigenvalue weighted by molar-refractivity contribution is 6.30. The summed E-state index contributed by atoms with van der Waals surface area (Å²) in [4.78, 5) is 23.9. The Hall–Kier alpha value is -1.30. The van der Waals surface area contributed by atoms with E-state index in [4.69, 9.17) is 17.3 Å². The molecule has 1 rings (SSSR count). The quantitative estimate of drug-likeness (QED) is 0.736. The molecule has 4 N–H and O–H groups in total. The maximum atomic E-state index is 12.1. The number of benzene rings is 1. The van der Waals surface area contributed by atoms with Gasteiger partial charge in [-0.05, 0) is 31.7 Å². The van der Waals surface area contributed by atoms with Crippen molar-refractivity contribution < 1.29 is 9.59 Å². The second-order valence-electron chi connectivity index (χ2n) is 4.95. The zero-order valence-corrected chi connectivity index (χ0v) is 13.8. The lowest BCUT2D eigenvalue weighted by Crippen LogP contribution is -2.54. The molecule has 2 atom stereocenters. The number of hydrogen-bond acceptors (Lipinski definition) is 3.